The highest BCUT2D eigenvalue weighted by Crippen LogP contribution is 1.94. The molecule has 0 aromatic heterocycles. The Morgan fingerprint density at radius 3 is 2.82 bits per heavy atom. The number of allylic oxidation sites excluding steroid dienone is 1. The first kappa shape index (κ1) is 10.1. The summed E-state index contributed by atoms with van der Waals surface area (Å²) in [6.45, 7) is 7.00. The third-order valence-corrected chi connectivity index (χ3v) is 1.24. The quantitative estimate of drug-likeness (QED) is 0.467. The predicted molar refractivity (Wildman–Crippen MR) is 51.2 cm³/mol. The third kappa shape index (κ3) is 5.55. The number of nitrogens with zero attached hydrogens (tertiary/aromatic N) is 1. The van der Waals surface area contributed by atoms with Crippen LogP contribution in [0.25, 0.3) is 0 Å². The van der Waals surface area contributed by atoms with Crippen molar-refractivity contribution in [2.45, 2.75) is 6.92 Å². The number of hydrogen-bond acceptors (Lipinski definition) is 2. The average molecular weight is 152 g/mol. The maximum Gasteiger partial charge on any atom is 0.0569 e. The second-order valence-corrected chi connectivity index (χ2v) is 2.22. The van der Waals surface area contributed by atoms with Gasteiger partial charge < -0.3 is 5.32 Å². The Morgan fingerprint density at radius 2 is 2.36 bits per heavy atom. The average Bonchev–Trinajstić information content (AvgIpc) is 2.01. The van der Waals surface area contributed by atoms with E-state index >= 15 is 0 Å². The molecule has 0 amide bonds. The minimum Gasteiger partial charge on any atom is -0.316 e. The van der Waals surface area contributed by atoms with Crippen molar-refractivity contribution in [3.63, 3.8) is 0 Å². The van der Waals surface area contributed by atoms with Gasteiger partial charge in [0.25, 0.3) is 0 Å². The normalized spacial score (nSPS) is 12.4. The molecule has 0 bridgehead atoms. The van der Waals surface area contributed by atoms with Crippen LogP contribution < -0.4 is 5.32 Å². The van der Waals surface area contributed by atoms with Gasteiger partial charge in [-0.1, -0.05) is 18.2 Å². The molecule has 0 saturated heterocycles. The highest BCUT2D eigenvalue weighted by atomic mass is 14.8. The molecular weight excluding hydrogens is 136 g/mol. The van der Waals surface area contributed by atoms with Crippen molar-refractivity contribution >= 4 is 6.72 Å². The molecule has 0 aliphatic heterocycles. The lowest BCUT2D eigenvalue weighted by Gasteiger charge is -1.98. The summed E-state index contributed by atoms with van der Waals surface area (Å²) in [5.74, 6) is 0. The Kier molecular flexibility index (Phi) is 6.64. The van der Waals surface area contributed by atoms with Gasteiger partial charge in [-0.25, -0.2) is 0 Å². The molecule has 11 heavy (non-hydrogen) atoms. The number of aliphatic imine (C=N–C) groups is 1. The van der Waals surface area contributed by atoms with Gasteiger partial charge in [0.1, 0.15) is 0 Å². The van der Waals surface area contributed by atoms with Crippen molar-refractivity contribution in [3.05, 3.63) is 23.8 Å². The molecule has 0 aromatic rings. The molecule has 0 atom stereocenters. The minimum absolute atomic E-state index is 0.696. The fraction of sp³-hybridized carbons (Fsp3) is 0.444. The maximum absolute atomic E-state index is 3.75. The first-order valence-electron chi connectivity index (χ1n) is 3.74. The van der Waals surface area contributed by atoms with Crippen LogP contribution >= 0.6 is 0 Å². The van der Waals surface area contributed by atoms with E-state index in [0.29, 0.717) is 6.54 Å². The second kappa shape index (κ2) is 7.22. The van der Waals surface area contributed by atoms with Gasteiger partial charge in [-0.15, -0.1) is 0 Å². The van der Waals surface area contributed by atoms with E-state index in [1.807, 2.05) is 20.0 Å². The maximum atomic E-state index is 3.75. The molecule has 0 unspecified atom stereocenters. The topological polar surface area (TPSA) is 24.4 Å². The van der Waals surface area contributed by atoms with Crippen LogP contribution in [-0.4, -0.2) is 26.9 Å². The predicted octanol–water partition coefficient (Wildman–Crippen LogP) is 1.41. The van der Waals surface area contributed by atoms with E-state index in [1.165, 1.54) is 5.57 Å². The summed E-state index contributed by atoms with van der Waals surface area (Å²) in [7, 11) is 1.93. The lowest BCUT2D eigenvalue weighted by atomic mass is 10.2. The molecule has 0 aliphatic carbocycles. The van der Waals surface area contributed by atoms with E-state index in [2.05, 4.69) is 29.2 Å². The summed E-state index contributed by atoms with van der Waals surface area (Å²) in [5.41, 5.74) is 1.25. The summed E-state index contributed by atoms with van der Waals surface area (Å²) < 4.78 is 0. The lowest BCUT2D eigenvalue weighted by molar-refractivity contribution is 0.891. The fourth-order valence-electron chi connectivity index (χ4n) is 0.799. The van der Waals surface area contributed by atoms with Crippen molar-refractivity contribution < 1.29 is 0 Å². The Bertz CT molecular complexity index is 157. The fourth-order valence-corrected chi connectivity index (χ4v) is 0.799. The van der Waals surface area contributed by atoms with Crippen LogP contribution in [0.3, 0.4) is 0 Å². The lowest BCUT2D eigenvalue weighted by Crippen LogP contribution is -2.09. The Balaban J connectivity index is 3.95. The molecular formula is C9H16N2. The highest BCUT2D eigenvalue weighted by molar-refractivity contribution is 5.26. The van der Waals surface area contributed by atoms with Crippen LogP contribution in [0.4, 0.5) is 0 Å². The summed E-state index contributed by atoms with van der Waals surface area (Å²) in [5, 5.41) is 3.08. The van der Waals surface area contributed by atoms with E-state index in [-0.39, 0.29) is 0 Å². The number of nitrogens with one attached hydrogen (secondary N) is 1. The molecule has 0 saturated carbocycles. The minimum atomic E-state index is 0.696. The van der Waals surface area contributed by atoms with Crippen LogP contribution in [0.15, 0.2) is 28.8 Å². The molecule has 62 valence electrons. The van der Waals surface area contributed by atoms with Crippen LogP contribution in [0.2, 0.25) is 0 Å². The van der Waals surface area contributed by atoms with E-state index in [0.717, 1.165) is 6.54 Å². The van der Waals surface area contributed by atoms with Crippen molar-refractivity contribution in [2.75, 3.05) is 20.1 Å². The van der Waals surface area contributed by atoms with Gasteiger partial charge in [-0.05, 0) is 26.3 Å². The van der Waals surface area contributed by atoms with Crippen LogP contribution in [-0.2, 0) is 0 Å². The molecule has 0 rings (SSSR count). The SMILES string of the molecule is C=NC/C=C(\C=C/C)CNC. The van der Waals surface area contributed by atoms with Gasteiger partial charge in [-0.3, -0.25) is 4.99 Å². The van der Waals surface area contributed by atoms with Crippen LogP contribution in [0.5, 0.6) is 0 Å². The van der Waals surface area contributed by atoms with Crippen molar-refractivity contribution in [1.82, 2.24) is 5.32 Å². The largest absolute Gasteiger partial charge is 0.316 e. The standard InChI is InChI=1S/C9H16N2/c1-4-5-9(8-11-3)6-7-10-2/h4-6,11H,2,7-8H2,1,3H3/b5-4-,9-6+. The molecule has 0 aromatic carbocycles. The van der Waals surface area contributed by atoms with Gasteiger partial charge in [0.2, 0.25) is 0 Å². The van der Waals surface area contributed by atoms with Crippen molar-refractivity contribution in [1.29, 1.82) is 0 Å². The zero-order valence-electron chi connectivity index (χ0n) is 7.30. The molecule has 0 spiro atoms. The first-order valence-corrected chi connectivity index (χ1v) is 3.74. The van der Waals surface area contributed by atoms with Gasteiger partial charge in [-0.2, -0.15) is 0 Å². The molecule has 2 heteroatoms. The van der Waals surface area contributed by atoms with Gasteiger partial charge in [0.15, 0.2) is 0 Å². The summed E-state index contributed by atoms with van der Waals surface area (Å²) in [4.78, 5) is 3.75. The summed E-state index contributed by atoms with van der Waals surface area (Å²) >= 11 is 0. The molecule has 1 N–H and O–H groups in total. The van der Waals surface area contributed by atoms with Crippen molar-refractivity contribution in [2.24, 2.45) is 4.99 Å². The van der Waals surface area contributed by atoms with Crippen LogP contribution in [0, 0.1) is 0 Å². The van der Waals surface area contributed by atoms with Gasteiger partial charge in [0, 0.05) is 6.54 Å². The van der Waals surface area contributed by atoms with E-state index in [1.54, 1.807) is 0 Å². The Hall–Kier alpha value is -0.890. The Labute approximate surface area is 68.7 Å². The molecule has 0 fully saturated rings. The van der Waals surface area contributed by atoms with E-state index in [4.69, 9.17) is 0 Å². The number of likely N-dealkylation sites (N-methyl/N-ethyl adjacent to an activating group) is 1. The van der Waals surface area contributed by atoms with Gasteiger partial charge >= 0.3 is 0 Å². The summed E-state index contributed by atoms with van der Waals surface area (Å²) in [6, 6.07) is 0. The summed E-state index contributed by atoms with van der Waals surface area (Å²) in [6.07, 6.45) is 6.15. The number of rotatable bonds is 5. The van der Waals surface area contributed by atoms with Crippen LogP contribution in [0.1, 0.15) is 6.92 Å². The zero-order chi connectivity index (χ0) is 8.53. The first-order chi connectivity index (χ1) is 5.35. The Morgan fingerprint density at radius 1 is 1.64 bits per heavy atom. The molecule has 0 heterocycles. The molecule has 0 aliphatic rings. The van der Waals surface area contributed by atoms with E-state index < -0.39 is 0 Å². The van der Waals surface area contributed by atoms with Crippen molar-refractivity contribution in [3.8, 4) is 0 Å². The second-order valence-electron chi connectivity index (χ2n) is 2.22. The highest BCUT2D eigenvalue weighted by Gasteiger charge is 1.86. The van der Waals surface area contributed by atoms with Gasteiger partial charge in [0.05, 0.1) is 6.54 Å². The zero-order valence-corrected chi connectivity index (χ0v) is 7.30. The number of hydrogen-bond donors (Lipinski definition) is 1. The third-order valence-electron chi connectivity index (χ3n) is 1.24. The smallest absolute Gasteiger partial charge is 0.0569 e. The molecule has 2 nitrogen and oxygen atoms in total. The molecule has 0 radical (unpaired) electrons. The van der Waals surface area contributed by atoms with E-state index in [9.17, 15) is 0 Å². The monoisotopic (exact) mass is 152 g/mol.